The van der Waals surface area contributed by atoms with E-state index in [1.807, 2.05) is 6.92 Å². The summed E-state index contributed by atoms with van der Waals surface area (Å²) in [4.78, 5) is 23.2. The Balaban J connectivity index is 2.53. The summed E-state index contributed by atoms with van der Waals surface area (Å²) in [5.41, 5.74) is 4.32. The van der Waals surface area contributed by atoms with Crippen molar-refractivity contribution in [1.29, 1.82) is 0 Å². The van der Waals surface area contributed by atoms with Gasteiger partial charge in [0.1, 0.15) is 0 Å². The zero-order valence-corrected chi connectivity index (χ0v) is 11.4. The Morgan fingerprint density at radius 3 is 1.89 bits per heavy atom. The van der Waals surface area contributed by atoms with Crippen LogP contribution in [0.25, 0.3) is 0 Å². The summed E-state index contributed by atoms with van der Waals surface area (Å²) in [6, 6.07) is 4.23. The van der Waals surface area contributed by atoms with E-state index in [0.717, 1.165) is 16.7 Å². The molecule has 2 rings (SSSR count). The SMILES string of the molecule is Cc1cc(C)c(C2(C)CC(=O)NC(=O)C2)c(C)c1. The molecule has 0 radical (unpaired) electrons. The highest BCUT2D eigenvalue weighted by Gasteiger charge is 2.38. The summed E-state index contributed by atoms with van der Waals surface area (Å²) in [5.74, 6) is -0.346. The molecule has 0 atom stereocenters. The lowest BCUT2D eigenvalue weighted by Gasteiger charge is -2.35. The van der Waals surface area contributed by atoms with E-state index in [2.05, 4.69) is 38.2 Å². The van der Waals surface area contributed by atoms with E-state index >= 15 is 0 Å². The second-order valence-corrected chi connectivity index (χ2v) is 5.66. The number of carbonyl (C=O) groups excluding carboxylic acids is 2. The fourth-order valence-corrected chi connectivity index (χ4v) is 3.32. The van der Waals surface area contributed by atoms with Crippen LogP contribution in [0.2, 0.25) is 0 Å². The van der Waals surface area contributed by atoms with Gasteiger partial charge < -0.3 is 0 Å². The molecule has 0 saturated carbocycles. The molecule has 1 aromatic rings. The van der Waals surface area contributed by atoms with E-state index in [1.165, 1.54) is 5.56 Å². The molecule has 18 heavy (non-hydrogen) atoms. The van der Waals surface area contributed by atoms with Crippen LogP contribution in [0.15, 0.2) is 12.1 Å². The first-order valence-electron chi connectivity index (χ1n) is 6.23. The average Bonchev–Trinajstić information content (AvgIpc) is 2.11. The molecule has 96 valence electrons. The lowest BCUT2D eigenvalue weighted by molar-refractivity contribution is -0.135. The van der Waals surface area contributed by atoms with Crippen molar-refractivity contribution in [2.24, 2.45) is 0 Å². The molecule has 0 unspecified atom stereocenters. The minimum absolute atomic E-state index is 0.173. The summed E-state index contributed by atoms with van der Waals surface area (Å²) >= 11 is 0. The van der Waals surface area contributed by atoms with Crippen LogP contribution < -0.4 is 5.32 Å². The topological polar surface area (TPSA) is 46.2 Å². The van der Waals surface area contributed by atoms with Crippen LogP contribution in [0, 0.1) is 20.8 Å². The summed E-state index contributed by atoms with van der Waals surface area (Å²) < 4.78 is 0. The molecule has 0 aliphatic carbocycles. The molecule has 0 spiro atoms. The Morgan fingerprint density at radius 1 is 1.00 bits per heavy atom. The maximum atomic E-state index is 11.6. The van der Waals surface area contributed by atoms with E-state index in [9.17, 15) is 9.59 Å². The molecule has 3 heteroatoms. The molecule has 1 aromatic carbocycles. The number of carbonyl (C=O) groups is 2. The van der Waals surface area contributed by atoms with E-state index in [4.69, 9.17) is 0 Å². The highest BCUT2D eigenvalue weighted by molar-refractivity contribution is 5.99. The van der Waals surface area contributed by atoms with E-state index < -0.39 is 0 Å². The Bertz CT molecular complexity index is 492. The minimum atomic E-state index is -0.374. The molecule has 3 nitrogen and oxygen atoms in total. The molecular weight excluding hydrogens is 226 g/mol. The molecule has 1 fully saturated rings. The standard InChI is InChI=1S/C15H19NO2/c1-9-5-10(2)14(11(3)6-9)15(4)7-12(17)16-13(18)8-15/h5-6H,7-8H2,1-4H3,(H,16,17,18). The third-order valence-electron chi connectivity index (χ3n) is 3.66. The average molecular weight is 245 g/mol. The first kappa shape index (κ1) is 12.8. The normalized spacial score (nSPS) is 18.7. The number of nitrogens with one attached hydrogen (secondary N) is 1. The summed E-state index contributed by atoms with van der Waals surface area (Å²) in [5, 5.41) is 2.38. The Morgan fingerprint density at radius 2 is 1.44 bits per heavy atom. The molecule has 1 heterocycles. The molecule has 1 aliphatic rings. The lowest BCUT2D eigenvalue weighted by atomic mass is 9.71. The zero-order valence-electron chi connectivity index (χ0n) is 11.4. The van der Waals surface area contributed by atoms with Gasteiger partial charge in [-0.05, 0) is 37.5 Å². The van der Waals surface area contributed by atoms with Crippen molar-refractivity contribution >= 4 is 11.8 Å². The van der Waals surface area contributed by atoms with Crippen molar-refractivity contribution < 1.29 is 9.59 Å². The molecule has 0 aromatic heterocycles. The number of benzene rings is 1. The quantitative estimate of drug-likeness (QED) is 0.772. The molecule has 2 amide bonds. The minimum Gasteiger partial charge on any atom is -0.296 e. The van der Waals surface area contributed by atoms with E-state index in [-0.39, 0.29) is 17.2 Å². The van der Waals surface area contributed by atoms with Crippen molar-refractivity contribution in [3.8, 4) is 0 Å². The molecule has 1 saturated heterocycles. The number of hydrogen-bond donors (Lipinski definition) is 1. The zero-order chi connectivity index (χ0) is 13.5. The van der Waals surface area contributed by atoms with Crippen LogP contribution in [-0.2, 0) is 15.0 Å². The predicted octanol–water partition coefficient (Wildman–Crippen LogP) is 2.31. The van der Waals surface area contributed by atoms with Crippen molar-refractivity contribution in [1.82, 2.24) is 5.32 Å². The summed E-state index contributed by atoms with van der Waals surface area (Å²) in [6.07, 6.45) is 0.757. The van der Waals surface area contributed by atoms with Crippen LogP contribution in [-0.4, -0.2) is 11.8 Å². The lowest BCUT2D eigenvalue weighted by Crippen LogP contribution is -2.46. The third kappa shape index (κ3) is 2.17. The van der Waals surface area contributed by atoms with E-state index in [1.54, 1.807) is 0 Å². The van der Waals surface area contributed by atoms with Gasteiger partial charge in [0.05, 0.1) is 0 Å². The van der Waals surface area contributed by atoms with Crippen molar-refractivity contribution in [3.05, 3.63) is 34.4 Å². The number of rotatable bonds is 1. The number of imide groups is 1. The Labute approximate surface area is 108 Å². The van der Waals surface area contributed by atoms with Crippen LogP contribution in [0.1, 0.15) is 42.0 Å². The fourth-order valence-electron chi connectivity index (χ4n) is 3.32. The molecule has 0 bridgehead atoms. The second kappa shape index (κ2) is 4.23. The van der Waals surface area contributed by atoms with Gasteiger partial charge in [-0.2, -0.15) is 0 Å². The van der Waals surface area contributed by atoms with Gasteiger partial charge in [0.2, 0.25) is 11.8 Å². The Kier molecular flexibility index (Phi) is 3.01. The van der Waals surface area contributed by atoms with Gasteiger partial charge in [-0.1, -0.05) is 24.6 Å². The first-order valence-corrected chi connectivity index (χ1v) is 6.23. The van der Waals surface area contributed by atoms with Gasteiger partial charge in [0, 0.05) is 18.3 Å². The third-order valence-corrected chi connectivity index (χ3v) is 3.66. The van der Waals surface area contributed by atoms with Crippen LogP contribution in [0.3, 0.4) is 0 Å². The maximum Gasteiger partial charge on any atom is 0.227 e. The van der Waals surface area contributed by atoms with E-state index in [0.29, 0.717) is 12.8 Å². The van der Waals surface area contributed by atoms with Crippen LogP contribution >= 0.6 is 0 Å². The first-order chi connectivity index (χ1) is 8.32. The second-order valence-electron chi connectivity index (χ2n) is 5.66. The largest absolute Gasteiger partial charge is 0.296 e. The highest BCUT2D eigenvalue weighted by Crippen LogP contribution is 2.38. The predicted molar refractivity (Wildman–Crippen MR) is 70.4 cm³/mol. The molecule has 1 aliphatic heterocycles. The number of hydrogen-bond acceptors (Lipinski definition) is 2. The van der Waals surface area contributed by atoms with Gasteiger partial charge in [0.15, 0.2) is 0 Å². The Hall–Kier alpha value is -1.64. The van der Waals surface area contributed by atoms with Gasteiger partial charge in [-0.3, -0.25) is 14.9 Å². The van der Waals surface area contributed by atoms with Crippen molar-refractivity contribution in [3.63, 3.8) is 0 Å². The van der Waals surface area contributed by atoms with Crippen LogP contribution in [0.4, 0.5) is 0 Å². The molecule has 1 N–H and O–H groups in total. The number of aryl methyl sites for hydroxylation is 3. The number of amides is 2. The number of piperidine rings is 1. The van der Waals surface area contributed by atoms with Gasteiger partial charge in [-0.25, -0.2) is 0 Å². The van der Waals surface area contributed by atoms with Crippen molar-refractivity contribution in [2.75, 3.05) is 0 Å². The molecular formula is C15H19NO2. The van der Waals surface area contributed by atoms with Crippen LogP contribution in [0.5, 0.6) is 0 Å². The highest BCUT2D eigenvalue weighted by atomic mass is 16.2. The van der Waals surface area contributed by atoms with Gasteiger partial charge in [-0.15, -0.1) is 0 Å². The van der Waals surface area contributed by atoms with Gasteiger partial charge >= 0.3 is 0 Å². The fraction of sp³-hybridized carbons (Fsp3) is 0.467. The smallest absolute Gasteiger partial charge is 0.227 e. The monoisotopic (exact) mass is 245 g/mol. The maximum absolute atomic E-state index is 11.6. The summed E-state index contributed by atoms with van der Waals surface area (Å²) in [7, 11) is 0. The van der Waals surface area contributed by atoms with Crippen molar-refractivity contribution in [2.45, 2.75) is 46.0 Å². The summed E-state index contributed by atoms with van der Waals surface area (Å²) in [6.45, 7) is 8.17. The van der Waals surface area contributed by atoms with Gasteiger partial charge in [0.25, 0.3) is 0 Å².